The van der Waals surface area contributed by atoms with Crippen molar-refractivity contribution in [3.05, 3.63) is 0 Å². The van der Waals surface area contributed by atoms with Gasteiger partial charge in [-0.15, -0.1) is 0 Å². The number of hydrogen-bond donors (Lipinski definition) is 0. The fraction of sp³-hybridized carbons (Fsp3) is 0.818. The Morgan fingerprint density at radius 1 is 1.60 bits per heavy atom. The highest BCUT2D eigenvalue weighted by Crippen LogP contribution is 2.50. The largest absolute Gasteiger partial charge is 0.331 e. The topological polar surface area (TPSA) is 54.6 Å². The van der Waals surface area contributed by atoms with E-state index in [-0.39, 0.29) is 0 Å². The molecule has 2 aliphatic rings. The van der Waals surface area contributed by atoms with E-state index in [1.165, 1.54) is 0 Å². The molecule has 2 aliphatic heterocycles. The van der Waals surface area contributed by atoms with Crippen LogP contribution in [0.5, 0.6) is 0 Å². The van der Waals surface area contributed by atoms with E-state index in [0.29, 0.717) is 13.2 Å². The summed E-state index contributed by atoms with van der Waals surface area (Å²) in [6, 6.07) is 2.37. The van der Waals surface area contributed by atoms with Gasteiger partial charge in [-0.25, -0.2) is 4.99 Å². The Labute approximate surface area is 89.9 Å². The minimum atomic E-state index is -1.02. The van der Waals surface area contributed by atoms with E-state index >= 15 is 0 Å². The van der Waals surface area contributed by atoms with Gasteiger partial charge < -0.3 is 9.47 Å². The molecule has 0 aromatic rings. The number of nitrogens with zero attached hydrogens (tertiary/aromatic N) is 2. The lowest BCUT2D eigenvalue weighted by Crippen LogP contribution is -2.48. The molecular weight excluding hydrogens is 192 g/mol. The normalized spacial score (nSPS) is 39.4. The summed E-state index contributed by atoms with van der Waals surface area (Å²) in [5.74, 6) is -1.02. The molecule has 0 amide bonds. The molecule has 0 aromatic heterocycles. The Morgan fingerprint density at radius 3 is 3.07 bits per heavy atom. The zero-order valence-electron chi connectivity index (χ0n) is 9.25. The van der Waals surface area contributed by atoms with Crippen molar-refractivity contribution in [3.63, 3.8) is 0 Å². The van der Waals surface area contributed by atoms with Gasteiger partial charge in [0.05, 0.1) is 12.7 Å². The second-order valence-corrected chi connectivity index (χ2v) is 4.15. The van der Waals surface area contributed by atoms with Crippen LogP contribution < -0.4 is 0 Å². The van der Waals surface area contributed by atoms with Gasteiger partial charge in [0.15, 0.2) is 0 Å². The van der Waals surface area contributed by atoms with Crippen molar-refractivity contribution in [1.82, 2.24) is 0 Å². The highest BCUT2D eigenvalue weighted by Gasteiger charge is 2.60. The highest BCUT2D eigenvalue weighted by molar-refractivity contribution is 5.83. The zero-order valence-corrected chi connectivity index (χ0v) is 9.25. The fourth-order valence-corrected chi connectivity index (χ4v) is 2.37. The molecule has 1 saturated heterocycles. The van der Waals surface area contributed by atoms with Crippen LogP contribution in [0.25, 0.3) is 0 Å². The van der Waals surface area contributed by atoms with Crippen LogP contribution in [-0.2, 0) is 9.47 Å². The van der Waals surface area contributed by atoms with Crippen LogP contribution in [0.15, 0.2) is 4.99 Å². The van der Waals surface area contributed by atoms with Gasteiger partial charge in [0.25, 0.3) is 5.91 Å². The average Bonchev–Trinajstić information content (AvgIpc) is 2.57. The van der Waals surface area contributed by atoms with E-state index in [2.05, 4.69) is 11.1 Å². The molecule has 0 N–H and O–H groups in total. The molecule has 0 spiro atoms. The molecule has 2 heterocycles. The molecule has 15 heavy (non-hydrogen) atoms. The van der Waals surface area contributed by atoms with Crippen molar-refractivity contribution in [1.29, 1.82) is 5.26 Å². The van der Waals surface area contributed by atoms with Crippen molar-refractivity contribution in [2.24, 2.45) is 10.4 Å². The molecular formula is C11H16N2O2. The number of nitriles is 1. The first-order valence-corrected chi connectivity index (χ1v) is 5.42. The highest BCUT2D eigenvalue weighted by atomic mass is 16.7. The Morgan fingerprint density at radius 2 is 2.40 bits per heavy atom. The Hall–Kier alpha value is -0.920. The van der Waals surface area contributed by atoms with E-state index in [9.17, 15) is 5.26 Å². The monoisotopic (exact) mass is 208 g/mol. The number of rotatable bonds is 2. The first kappa shape index (κ1) is 10.6. The predicted molar refractivity (Wildman–Crippen MR) is 55.3 cm³/mol. The van der Waals surface area contributed by atoms with Crippen LogP contribution in [0.3, 0.4) is 0 Å². The SMILES string of the molecule is CCO[C@@]12N=C(C)CC[C@]1(C#N)CCO2. The van der Waals surface area contributed by atoms with Crippen molar-refractivity contribution in [3.8, 4) is 6.07 Å². The molecule has 4 nitrogen and oxygen atoms in total. The number of ether oxygens (including phenoxy) is 2. The molecule has 0 radical (unpaired) electrons. The van der Waals surface area contributed by atoms with Gasteiger partial charge in [0.2, 0.25) is 0 Å². The van der Waals surface area contributed by atoms with Gasteiger partial charge in [-0.1, -0.05) is 0 Å². The van der Waals surface area contributed by atoms with Crippen molar-refractivity contribution in [2.75, 3.05) is 13.2 Å². The zero-order chi connectivity index (χ0) is 10.9. The standard InChI is InChI=1S/C11H16N2O2/c1-3-14-11-10(8-12,6-7-15-11)5-4-9(2)13-11/h3-7H2,1-2H3/t10-,11+/m1/s1. The lowest BCUT2D eigenvalue weighted by atomic mass is 9.77. The lowest BCUT2D eigenvalue weighted by Gasteiger charge is -2.39. The first-order chi connectivity index (χ1) is 7.18. The third-order valence-electron chi connectivity index (χ3n) is 3.24. The van der Waals surface area contributed by atoms with Gasteiger partial charge in [0.1, 0.15) is 5.41 Å². The predicted octanol–water partition coefficient (Wildman–Crippen LogP) is 1.86. The van der Waals surface area contributed by atoms with Crippen LogP contribution in [0, 0.1) is 16.7 Å². The molecule has 0 aliphatic carbocycles. The van der Waals surface area contributed by atoms with E-state index < -0.39 is 11.3 Å². The average molecular weight is 208 g/mol. The van der Waals surface area contributed by atoms with E-state index in [0.717, 1.165) is 25.0 Å². The summed E-state index contributed by atoms with van der Waals surface area (Å²) in [5, 5.41) is 9.35. The molecule has 0 unspecified atom stereocenters. The van der Waals surface area contributed by atoms with Gasteiger partial charge >= 0.3 is 0 Å². The third-order valence-corrected chi connectivity index (χ3v) is 3.24. The summed E-state index contributed by atoms with van der Waals surface area (Å²) >= 11 is 0. The smallest absolute Gasteiger partial charge is 0.288 e. The number of aliphatic imine (C=N–C) groups is 1. The summed E-state index contributed by atoms with van der Waals surface area (Å²) in [5.41, 5.74) is 0.443. The fourth-order valence-electron chi connectivity index (χ4n) is 2.37. The van der Waals surface area contributed by atoms with E-state index in [4.69, 9.17) is 9.47 Å². The minimum absolute atomic E-state index is 0.514. The second-order valence-electron chi connectivity index (χ2n) is 4.15. The summed E-state index contributed by atoms with van der Waals surface area (Å²) in [7, 11) is 0. The maximum Gasteiger partial charge on any atom is 0.288 e. The van der Waals surface area contributed by atoms with Crippen molar-refractivity contribution in [2.45, 2.75) is 39.0 Å². The molecule has 82 valence electrons. The lowest BCUT2D eigenvalue weighted by molar-refractivity contribution is -0.242. The third kappa shape index (κ3) is 1.38. The summed E-state index contributed by atoms with van der Waals surface area (Å²) in [6.07, 6.45) is 2.38. The van der Waals surface area contributed by atoms with Gasteiger partial charge in [-0.2, -0.15) is 5.26 Å². The van der Waals surface area contributed by atoms with Crippen LogP contribution in [0.1, 0.15) is 33.1 Å². The quantitative estimate of drug-likeness (QED) is 0.696. The summed E-state index contributed by atoms with van der Waals surface area (Å²) < 4.78 is 11.2. The van der Waals surface area contributed by atoms with E-state index in [1.807, 2.05) is 13.8 Å². The summed E-state index contributed by atoms with van der Waals surface area (Å²) in [4.78, 5) is 4.46. The van der Waals surface area contributed by atoms with E-state index in [1.54, 1.807) is 0 Å². The molecule has 2 atom stereocenters. The van der Waals surface area contributed by atoms with Crippen LogP contribution >= 0.6 is 0 Å². The second kappa shape index (κ2) is 3.58. The van der Waals surface area contributed by atoms with Gasteiger partial charge in [-0.05, 0) is 33.1 Å². The molecule has 0 saturated carbocycles. The van der Waals surface area contributed by atoms with Crippen molar-refractivity contribution < 1.29 is 9.47 Å². The molecule has 4 heteroatoms. The van der Waals surface area contributed by atoms with Gasteiger partial charge in [-0.3, -0.25) is 0 Å². The van der Waals surface area contributed by atoms with Gasteiger partial charge in [0, 0.05) is 12.3 Å². The Bertz CT molecular complexity index is 334. The maximum atomic E-state index is 9.35. The Kier molecular flexibility index (Phi) is 2.53. The molecule has 2 rings (SSSR count). The van der Waals surface area contributed by atoms with Crippen LogP contribution in [0.4, 0.5) is 0 Å². The van der Waals surface area contributed by atoms with Crippen molar-refractivity contribution >= 4 is 5.71 Å². The molecule has 0 aromatic carbocycles. The number of hydrogen-bond acceptors (Lipinski definition) is 4. The Balaban J connectivity index is 2.42. The maximum absolute atomic E-state index is 9.35. The molecule has 1 fully saturated rings. The van der Waals surface area contributed by atoms with Crippen LogP contribution in [-0.4, -0.2) is 24.8 Å². The minimum Gasteiger partial charge on any atom is -0.331 e. The first-order valence-electron chi connectivity index (χ1n) is 5.42. The summed E-state index contributed by atoms with van der Waals surface area (Å²) in [6.45, 7) is 4.94. The molecule has 0 bridgehead atoms. The number of fused-ring (bicyclic) bond motifs is 1. The van der Waals surface area contributed by atoms with Crippen LogP contribution in [0.2, 0.25) is 0 Å².